The number of nitrogens with one attached hydrogen (secondary N) is 2. The first-order chi connectivity index (χ1) is 18.0. The van der Waals surface area contributed by atoms with Crippen molar-refractivity contribution in [3.63, 3.8) is 0 Å². The van der Waals surface area contributed by atoms with Crippen LogP contribution >= 0.6 is 0 Å². The fraction of sp³-hybridized carbons (Fsp3) is 0.250. The molecule has 0 atom stereocenters. The van der Waals surface area contributed by atoms with Gasteiger partial charge in [-0.1, -0.05) is 25.5 Å². The molecule has 9 heteroatoms. The smallest absolute Gasteiger partial charge is 0.329 e. The van der Waals surface area contributed by atoms with Gasteiger partial charge in [0.15, 0.2) is 11.5 Å². The van der Waals surface area contributed by atoms with Gasteiger partial charge >= 0.3 is 11.8 Å². The molecule has 0 saturated heterocycles. The van der Waals surface area contributed by atoms with Gasteiger partial charge in [0.2, 0.25) is 0 Å². The number of benzene rings is 3. The quantitative estimate of drug-likeness (QED) is 0.154. The second kappa shape index (κ2) is 14.2. The van der Waals surface area contributed by atoms with Gasteiger partial charge in [0.05, 0.1) is 19.4 Å². The number of hydrazone groups is 1. The Hall–Kier alpha value is -4.40. The second-order valence-electron chi connectivity index (χ2n) is 7.93. The predicted octanol–water partition coefficient (Wildman–Crippen LogP) is 5.07. The molecule has 0 aliphatic carbocycles. The molecule has 0 aliphatic heterocycles. The Labute approximate surface area is 215 Å². The van der Waals surface area contributed by atoms with Crippen LogP contribution in [0, 0.1) is 5.82 Å². The molecule has 0 fully saturated rings. The van der Waals surface area contributed by atoms with Crippen LogP contribution in [0.2, 0.25) is 0 Å². The van der Waals surface area contributed by atoms with Gasteiger partial charge in [-0.25, -0.2) is 9.82 Å². The van der Waals surface area contributed by atoms with Gasteiger partial charge < -0.3 is 19.5 Å². The Bertz CT molecular complexity index is 1200. The molecule has 2 N–H and O–H groups in total. The average Bonchev–Trinajstić information content (AvgIpc) is 2.90. The van der Waals surface area contributed by atoms with Crippen molar-refractivity contribution >= 4 is 23.7 Å². The lowest BCUT2D eigenvalue weighted by Crippen LogP contribution is -2.32. The standard InChI is InChI=1S/C28H30FN3O5/c1-3-5-16-36-24-13-11-23(12-14-24)31-27(33)28(34)32-30-18-21-8-15-25(26(17-21)35-4-2)37-19-20-6-9-22(29)10-7-20/h6-15,17-18H,3-5,16,19H2,1-2H3,(H,31,33)(H,32,34)/b30-18-. The Morgan fingerprint density at radius 2 is 1.65 bits per heavy atom. The number of hydrogen-bond acceptors (Lipinski definition) is 6. The van der Waals surface area contributed by atoms with Crippen LogP contribution in [-0.2, 0) is 16.2 Å². The van der Waals surface area contributed by atoms with E-state index in [2.05, 4.69) is 22.8 Å². The van der Waals surface area contributed by atoms with Crippen molar-refractivity contribution in [2.75, 3.05) is 18.5 Å². The number of rotatable bonds is 12. The summed E-state index contributed by atoms with van der Waals surface area (Å²) in [5.41, 5.74) is 4.10. The van der Waals surface area contributed by atoms with Crippen molar-refractivity contribution in [1.29, 1.82) is 0 Å². The number of ether oxygens (including phenoxy) is 3. The van der Waals surface area contributed by atoms with E-state index in [0.717, 1.165) is 18.4 Å². The monoisotopic (exact) mass is 507 g/mol. The van der Waals surface area contributed by atoms with Gasteiger partial charge in [0.25, 0.3) is 0 Å². The number of halogens is 1. The first-order valence-corrected chi connectivity index (χ1v) is 12.0. The number of carbonyl (C=O) groups is 2. The molecule has 0 bridgehead atoms. The maximum atomic E-state index is 13.1. The molecule has 194 valence electrons. The van der Waals surface area contributed by atoms with Gasteiger partial charge in [-0.15, -0.1) is 0 Å². The molecule has 0 spiro atoms. The lowest BCUT2D eigenvalue weighted by Gasteiger charge is -2.12. The second-order valence-corrected chi connectivity index (χ2v) is 7.93. The number of anilines is 1. The highest BCUT2D eigenvalue weighted by Crippen LogP contribution is 2.29. The van der Waals surface area contributed by atoms with Crippen molar-refractivity contribution in [2.45, 2.75) is 33.3 Å². The molecule has 3 aromatic rings. The van der Waals surface area contributed by atoms with Crippen LogP contribution in [0.4, 0.5) is 10.1 Å². The van der Waals surface area contributed by atoms with Crippen LogP contribution < -0.4 is 25.0 Å². The van der Waals surface area contributed by atoms with Crippen molar-refractivity contribution in [2.24, 2.45) is 5.10 Å². The number of amides is 2. The van der Waals surface area contributed by atoms with Crippen LogP contribution in [0.15, 0.2) is 71.8 Å². The van der Waals surface area contributed by atoms with Gasteiger partial charge in [-0.2, -0.15) is 5.10 Å². The summed E-state index contributed by atoms with van der Waals surface area (Å²) in [6.07, 6.45) is 3.39. The molecule has 8 nitrogen and oxygen atoms in total. The highest BCUT2D eigenvalue weighted by molar-refractivity contribution is 6.39. The number of carbonyl (C=O) groups excluding carboxylic acids is 2. The summed E-state index contributed by atoms with van der Waals surface area (Å²) in [4.78, 5) is 24.3. The summed E-state index contributed by atoms with van der Waals surface area (Å²) in [7, 11) is 0. The molecule has 0 saturated carbocycles. The maximum absolute atomic E-state index is 13.1. The summed E-state index contributed by atoms with van der Waals surface area (Å²) < 4.78 is 30.1. The molecule has 37 heavy (non-hydrogen) atoms. The highest BCUT2D eigenvalue weighted by Gasteiger charge is 2.13. The minimum absolute atomic E-state index is 0.244. The minimum atomic E-state index is -0.913. The van der Waals surface area contributed by atoms with Crippen LogP contribution in [0.5, 0.6) is 17.2 Å². The molecule has 3 aromatic carbocycles. The van der Waals surface area contributed by atoms with E-state index in [1.54, 1.807) is 54.6 Å². The van der Waals surface area contributed by atoms with E-state index in [1.807, 2.05) is 6.92 Å². The Kier molecular flexibility index (Phi) is 10.5. The van der Waals surface area contributed by atoms with Crippen LogP contribution in [0.25, 0.3) is 0 Å². The Balaban J connectivity index is 1.52. The molecule has 0 aliphatic rings. The first kappa shape index (κ1) is 27.2. The molecule has 0 radical (unpaired) electrons. The third-order valence-electron chi connectivity index (χ3n) is 5.04. The third-order valence-corrected chi connectivity index (χ3v) is 5.04. The topological polar surface area (TPSA) is 98.2 Å². The van der Waals surface area contributed by atoms with E-state index in [4.69, 9.17) is 14.2 Å². The van der Waals surface area contributed by atoms with Crippen LogP contribution in [0.3, 0.4) is 0 Å². The molecular weight excluding hydrogens is 477 g/mol. The summed E-state index contributed by atoms with van der Waals surface area (Å²) in [6, 6.07) is 17.9. The highest BCUT2D eigenvalue weighted by atomic mass is 19.1. The summed E-state index contributed by atoms with van der Waals surface area (Å²) >= 11 is 0. The Morgan fingerprint density at radius 3 is 2.35 bits per heavy atom. The zero-order chi connectivity index (χ0) is 26.5. The SMILES string of the molecule is CCCCOc1ccc(NC(=O)C(=O)N/N=C\c2ccc(OCc3ccc(F)cc3)c(OCC)c2)cc1. The maximum Gasteiger partial charge on any atom is 0.329 e. The fourth-order valence-electron chi connectivity index (χ4n) is 3.11. The predicted molar refractivity (Wildman–Crippen MR) is 140 cm³/mol. The molecule has 2 amide bonds. The lowest BCUT2D eigenvalue weighted by molar-refractivity contribution is -0.136. The zero-order valence-corrected chi connectivity index (χ0v) is 20.8. The van der Waals surface area contributed by atoms with Gasteiger partial charge in [-0.3, -0.25) is 9.59 Å². The van der Waals surface area contributed by atoms with Gasteiger partial charge in [0, 0.05) is 5.69 Å². The number of hydrogen-bond donors (Lipinski definition) is 2. The minimum Gasteiger partial charge on any atom is -0.494 e. The van der Waals surface area contributed by atoms with Gasteiger partial charge in [-0.05, 0) is 79.1 Å². The van der Waals surface area contributed by atoms with E-state index in [0.29, 0.717) is 41.7 Å². The zero-order valence-electron chi connectivity index (χ0n) is 20.8. The normalized spacial score (nSPS) is 10.7. The lowest BCUT2D eigenvalue weighted by atomic mass is 10.2. The van der Waals surface area contributed by atoms with Crippen molar-refractivity contribution in [1.82, 2.24) is 5.43 Å². The van der Waals surface area contributed by atoms with Crippen molar-refractivity contribution < 1.29 is 28.2 Å². The number of unbranched alkanes of at least 4 members (excludes halogenated alkanes) is 1. The first-order valence-electron chi connectivity index (χ1n) is 12.0. The van der Waals surface area contributed by atoms with E-state index in [-0.39, 0.29) is 12.4 Å². The summed E-state index contributed by atoms with van der Waals surface area (Å²) in [5.74, 6) is -0.388. The van der Waals surface area contributed by atoms with Crippen LogP contribution in [-0.4, -0.2) is 31.2 Å². The van der Waals surface area contributed by atoms with E-state index >= 15 is 0 Å². The largest absolute Gasteiger partial charge is 0.494 e. The van der Waals surface area contributed by atoms with Crippen molar-refractivity contribution in [3.8, 4) is 17.2 Å². The molecule has 3 rings (SSSR count). The van der Waals surface area contributed by atoms with E-state index in [1.165, 1.54) is 18.3 Å². The number of nitrogens with zero attached hydrogens (tertiary/aromatic N) is 1. The third kappa shape index (κ3) is 8.96. The molecule has 0 aromatic heterocycles. The van der Waals surface area contributed by atoms with Crippen LogP contribution in [0.1, 0.15) is 37.8 Å². The average molecular weight is 508 g/mol. The van der Waals surface area contributed by atoms with E-state index < -0.39 is 11.8 Å². The molecular formula is C28H30FN3O5. The van der Waals surface area contributed by atoms with Gasteiger partial charge in [0.1, 0.15) is 18.2 Å². The summed E-state index contributed by atoms with van der Waals surface area (Å²) in [5, 5.41) is 6.37. The van der Waals surface area contributed by atoms with Crippen molar-refractivity contribution in [3.05, 3.63) is 83.7 Å². The Morgan fingerprint density at radius 1 is 0.892 bits per heavy atom. The summed E-state index contributed by atoms with van der Waals surface area (Å²) in [6.45, 7) is 5.21. The van der Waals surface area contributed by atoms with E-state index in [9.17, 15) is 14.0 Å². The molecule has 0 heterocycles. The fourth-order valence-corrected chi connectivity index (χ4v) is 3.11. The molecule has 0 unspecified atom stereocenters.